The Morgan fingerprint density at radius 3 is 2.38 bits per heavy atom. The molecule has 1 fully saturated rings. The summed E-state index contributed by atoms with van der Waals surface area (Å²) >= 11 is 12.6. The van der Waals surface area contributed by atoms with Crippen LogP contribution in [0.1, 0.15) is 34.0 Å². The van der Waals surface area contributed by atoms with Crippen LogP contribution in [0.15, 0.2) is 42.5 Å². The molecule has 4 rings (SSSR count). The van der Waals surface area contributed by atoms with Gasteiger partial charge >= 0.3 is 0 Å². The number of carbonyl (C=O) groups is 1. The first kappa shape index (κ1) is 24.6. The molecule has 0 bridgehead atoms. The van der Waals surface area contributed by atoms with Gasteiger partial charge in [-0.2, -0.15) is 0 Å². The van der Waals surface area contributed by atoms with Gasteiger partial charge in [-0.05, 0) is 58.0 Å². The molecule has 1 amide bonds. The van der Waals surface area contributed by atoms with Crippen LogP contribution in [-0.4, -0.2) is 60.0 Å². The minimum Gasteiger partial charge on any atom is -0.368 e. The van der Waals surface area contributed by atoms with Gasteiger partial charge in [-0.3, -0.25) is 9.69 Å². The third-order valence-electron chi connectivity index (χ3n) is 6.30. The summed E-state index contributed by atoms with van der Waals surface area (Å²) in [6.07, 6.45) is 0.875. The fourth-order valence-corrected chi connectivity index (χ4v) is 4.84. The van der Waals surface area contributed by atoms with E-state index in [1.54, 1.807) is 0 Å². The lowest BCUT2D eigenvalue weighted by molar-refractivity contribution is 0.0980. The molecule has 0 radical (unpaired) electrons. The van der Waals surface area contributed by atoms with Crippen molar-refractivity contribution in [2.75, 3.05) is 49.1 Å². The minimum atomic E-state index is -0.0638. The predicted octanol–water partition coefficient (Wildman–Crippen LogP) is 5.50. The molecule has 1 saturated heterocycles. The molecule has 0 spiro atoms. The third kappa shape index (κ3) is 5.57. The van der Waals surface area contributed by atoms with E-state index in [0.717, 1.165) is 62.0 Å². The van der Waals surface area contributed by atoms with E-state index in [4.69, 9.17) is 23.2 Å². The second-order valence-electron chi connectivity index (χ2n) is 8.84. The van der Waals surface area contributed by atoms with Gasteiger partial charge in [0.15, 0.2) is 0 Å². The van der Waals surface area contributed by atoms with Gasteiger partial charge in [-0.1, -0.05) is 47.0 Å². The Morgan fingerprint density at radius 2 is 1.74 bits per heavy atom. The third-order valence-corrected chi connectivity index (χ3v) is 7.11. The predicted molar refractivity (Wildman–Crippen MR) is 141 cm³/mol. The Hall–Kier alpha value is -2.54. The zero-order valence-corrected chi connectivity index (χ0v) is 21.5. The van der Waals surface area contributed by atoms with Crippen LogP contribution in [0.5, 0.6) is 0 Å². The van der Waals surface area contributed by atoms with Crippen LogP contribution < -0.4 is 9.80 Å². The van der Waals surface area contributed by atoms with Crippen LogP contribution in [0, 0.1) is 20.8 Å². The highest BCUT2D eigenvalue weighted by atomic mass is 35.5. The Bertz CT molecular complexity index is 1140. The van der Waals surface area contributed by atoms with Crippen LogP contribution in [0.25, 0.3) is 0 Å². The average Bonchev–Trinajstić information content (AvgIpc) is 3.17. The number of aryl methyl sites for hydroxylation is 3. The standard InChI is InChI=1S/C26H31Cl2N5O/c1-18-8-10-21(11-9-18)33(26(34)25-19(2)29-20(3)30-25)13-5-12-31-14-16-32(17-15-31)23-7-4-6-22(27)24(23)28/h4,6-11H,5,12-17H2,1-3H3,(H,29,30). The van der Waals surface area contributed by atoms with Gasteiger partial charge < -0.3 is 14.8 Å². The number of nitrogens with one attached hydrogen (secondary N) is 1. The summed E-state index contributed by atoms with van der Waals surface area (Å²) in [6.45, 7) is 11.0. The maximum Gasteiger partial charge on any atom is 0.278 e. The van der Waals surface area contributed by atoms with E-state index < -0.39 is 0 Å². The first-order chi connectivity index (χ1) is 16.3. The Kier molecular flexibility index (Phi) is 7.81. The molecule has 0 aliphatic carbocycles. The van der Waals surface area contributed by atoms with E-state index in [9.17, 15) is 4.79 Å². The van der Waals surface area contributed by atoms with E-state index in [1.807, 2.05) is 68.1 Å². The maximum absolute atomic E-state index is 13.4. The number of nitrogens with zero attached hydrogens (tertiary/aromatic N) is 4. The SMILES string of the molecule is Cc1ccc(N(CCCN2CCN(c3cccc(Cl)c3Cl)CC2)C(=O)c2nc(C)[nH]c2C)cc1. The Labute approximate surface area is 211 Å². The highest BCUT2D eigenvalue weighted by Gasteiger charge is 2.24. The Morgan fingerprint density at radius 1 is 1.03 bits per heavy atom. The van der Waals surface area contributed by atoms with Crippen molar-refractivity contribution in [1.29, 1.82) is 0 Å². The monoisotopic (exact) mass is 499 g/mol. The van der Waals surface area contributed by atoms with E-state index in [2.05, 4.69) is 19.8 Å². The number of aromatic amines is 1. The summed E-state index contributed by atoms with van der Waals surface area (Å²) in [5.41, 5.74) is 4.35. The largest absolute Gasteiger partial charge is 0.368 e. The van der Waals surface area contributed by atoms with E-state index in [0.29, 0.717) is 22.3 Å². The van der Waals surface area contributed by atoms with Crippen molar-refractivity contribution in [2.24, 2.45) is 0 Å². The molecule has 3 aromatic rings. The number of piperazine rings is 1. The van der Waals surface area contributed by atoms with E-state index in [1.165, 1.54) is 5.56 Å². The fourth-order valence-electron chi connectivity index (χ4n) is 4.42. The molecule has 8 heteroatoms. The highest BCUT2D eigenvalue weighted by molar-refractivity contribution is 6.43. The highest BCUT2D eigenvalue weighted by Crippen LogP contribution is 2.32. The lowest BCUT2D eigenvalue weighted by Gasteiger charge is -2.37. The van der Waals surface area contributed by atoms with E-state index >= 15 is 0 Å². The zero-order valence-electron chi connectivity index (χ0n) is 19.9. The summed E-state index contributed by atoms with van der Waals surface area (Å²) in [5.74, 6) is 0.688. The molecule has 2 aromatic carbocycles. The van der Waals surface area contributed by atoms with Crippen molar-refractivity contribution >= 4 is 40.5 Å². The number of aromatic nitrogens is 2. The average molecular weight is 500 g/mol. The molecule has 0 atom stereocenters. The van der Waals surface area contributed by atoms with Gasteiger partial charge in [0.1, 0.15) is 11.5 Å². The van der Waals surface area contributed by atoms with Crippen molar-refractivity contribution in [3.8, 4) is 0 Å². The van der Waals surface area contributed by atoms with Crippen LogP contribution in [0.4, 0.5) is 11.4 Å². The van der Waals surface area contributed by atoms with Crippen molar-refractivity contribution in [1.82, 2.24) is 14.9 Å². The van der Waals surface area contributed by atoms with Gasteiger partial charge in [-0.15, -0.1) is 0 Å². The minimum absolute atomic E-state index is 0.0638. The molecule has 1 aliphatic rings. The fraction of sp³-hybridized carbons (Fsp3) is 0.385. The Balaban J connectivity index is 1.37. The lowest BCUT2D eigenvalue weighted by Crippen LogP contribution is -2.47. The molecule has 34 heavy (non-hydrogen) atoms. The second-order valence-corrected chi connectivity index (χ2v) is 9.63. The molecular weight excluding hydrogens is 469 g/mol. The first-order valence-electron chi connectivity index (χ1n) is 11.7. The molecule has 1 aromatic heterocycles. The van der Waals surface area contributed by atoms with Crippen LogP contribution >= 0.6 is 23.2 Å². The number of imidazole rings is 1. The number of anilines is 2. The maximum atomic E-state index is 13.4. The second kappa shape index (κ2) is 10.8. The summed E-state index contributed by atoms with van der Waals surface area (Å²) in [5, 5.41) is 1.21. The zero-order chi connectivity index (χ0) is 24.2. The number of hydrogen-bond acceptors (Lipinski definition) is 4. The van der Waals surface area contributed by atoms with Gasteiger partial charge in [0.2, 0.25) is 0 Å². The molecule has 180 valence electrons. The van der Waals surface area contributed by atoms with Crippen LogP contribution in [-0.2, 0) is 0 Å². The molecule has 1 aliphatic heterocycles. The number of rotatable bonds is 7. The quantitative estimate of drug-likeness (QED) is 0.466. The van der Waals surface area contributed by atoms with Crippen molar-refractivity contribution in [2.45, 2.75) is 27.2 Å². The number of hydrogen-bond donors (Lipinski definition) is 1. The van der Waals surface area contributed by atoms with Crippen molar-refractivity contribution < 1.29 is 4.79 Å². The van der Waals surface area contributed by atoms with Crippen LogP contribution in [0.3, 0.4) is 0 Å². The molecule has 0 saturated carbocycles. The van der Waals surface area contributed by atoms with Crippen LogP contribution in [0.2, 0.25) is 10.0 Å². The van der Waals surface area contributed by atoms with Crippen molar-refractivity contribution in [3.63, 3.8) is 0 Å². The molecule has 0 unspecified atom stereocenters. The first-order valence-corrected chi connectivity index (χ1v) is 12.4. The summed E-state index contributed by atoms with van der Waals surface area (Å²) < 4.78 is 0. The van der Waals surface area contributed by atoms with Gasteiger partial charge in [-0.25, -0.2) is 4.98 Å². The topological polar surface area (TPSA) is 55.5 Å². The smallest absolute Gasteiger partial charge is 0.278 e. The summed E-state index contributed by atoms with van der Waals surface area (Å²) in [7, 11) is 0. The number of carbonyl (C=O) groups excluding carboxylic acids is 1. The van der Waals surface area contributed by atoms with Gasteiger partial charge in [0.25, 0.3) is 5.91 Å². The van der Waals surface area contributed by atoms with Gasteiger partial charge in [0.05, 0.1) is 15.7 Å². The number of halogens is 2. The lowest BCUT2D eigenvalue weighted by atomic mass is 10.2. The number of amides is 1. The number of benzene rings is 2. The number of H-pyrrole nitrogens is 1. The molecule has 2 heterocycles. The van der Waals surface area contributed by atoms with Crippen molar-refractivity contribution in [3.05, 3.63) is 75.3 Å². The molecule has 6 nitrogen and oxygen atoms in total. The summed E-state index contributed by atoms with van der Waals surface area (Å²) in [6, 6.07) is 13.9. The normalized spacial score (nSPS) is 14.4. The van der Waals surface area contributed by atoms with E-state index in [-0.39, 0.29) is 5.91 Å². The molecule has 1 N–H and O–H groups in total. The summed E-state index contributed by atoms with van der Waals surface area (Å²) in [4.78, 5) is 27.6. The van der Waals surface area contributed by atoms with Gasteiger partial charge in [0, 0.05) is 44.1 Å². The molecular formula is C26H31Cl2N5O.